The van der Waals surface area contributed by atoms with Crippen molar-refractivity contribution >= 4 is 0 Å². The van der Waals surface area contributed by atoms with Gasteiger partial charge in [-0.15, -0.1) is 0 Å². The molecule has 0 unspecified atom stereocenters. The zero-order valence-corrected chi connectivity index (χ0v) is 11.4. The summed E-state index contributed by atoms with van der Waals surface area (Å²) in [5, 5.41) is 16.2. The molecule has 0 aliphatic heterocycles. The lowest BCUT2D eigenvalue weighted by atomic mass is 10.1. The van der Waals surface area contributed by atoms with Crippen LogP contribution in [0, 0.1) is 0 Å². The molecular weight excluding hydrogens is 216 g/mol. The second-order valence-electron chi connectivity index (χ2n) is 3.96. The molecule has 0 aliphatic carbocycles. The quantitative estimate of drug-likeness (QED) is 0.434. The van der Waals surface area contributed by atoms with Crippen LogP contribution in [0.3, 0.4) is 0 Å². The number of rotatable bonds is 11. The molecule has 0 heterocycles. The van der Waals surface area contributed by atoms with Crippen molar-refractivity contribution in [2.75, 3.05) is 19.8 Å². The Morgan fingerprint density at radius 3 is 1.88 bits per heavy atom. The second kappa shape index (κ2) is 20.8. The Morgan fingerprint density at radius 1 is 0.882 bits per heavy atom. The van der Waals surface area contributed by atoms with Crippen LogP contribution < -0.4 is 0 Å². The summed E-state index contributed by atoms with van der Waals surface area (Å²) in [6.07, 6.45) is 10.9. The maximum Gasteiger partial charge on any atom is 0.0873 e. The maximum absolute atomic E-state index is 8.09. The average Bonchev–Trinajstić information content (AvgIpc) is 2.36. The molecule has 0 aromatic heterocycles. The number of ether oxygens (including phenoxy) is 1. The van der Waals surface area contributed by atoms with Crippen LogP contribution in [0.15, 0.2) is 12.8 Å². The summed E-state index contributed by atoms with van der Waals surface area (Å²) in [6.45, 7) is 6.96. The molecule has 0 aliphatic rings. The van der Waals surface area contributed by atoms with E-state index in [2.05, 4.69) is 13.5 Å². The van der Waals surface area contributed by atoms with Crippen LogP contribution in [0.25, 0.3) is 0 Å². The fourth-order valence-electron chi connectivity index (χ4n) is 1.27. The lowest BCUT2D eigenvalue weighted by molar-refractivity contribution is 0.241. The first-order valence-corrected chi connectivity index (χ1v) is 6.77. The fraction of sp³-hybridized carbons (Fsp3) is 0.857. The van der Waals surface area contributed by atoms with Crippen molar-refractivity contribution in [3.8, 4) is 0 Å². The number of unbranched alkanes of at least 4 members (excludes halogenated alkanes) is 6. The SMILES string of the molecule is C=COCCCCCCCC.OCCCCO. The Kier molecular flexibility index (Phi) is 23.0. The zero-order valence-electron chi connectivity index (χ0n) is 11.4. The minimum Gasteiger partial charge on any atom is -0.502 e. The van der Waals surface area contributed by atoms with Gasteiger partial charge >= 0.3 is 0 Å². The molecule has 0 amide bonds. The number of aliphatic hydroxyl groups excluding tert-OH is 2. The monoisotopic (exact) mass is 246 g/mol. The molecule has 3 heteroatoms. The number of aliphatic hydroxyl groups is 2. The normalized spacial score (nSPS) is 9.35. The van der Waals surface area contributed by atoms with Gasteiger partial charge in [0, 0.05) is 13.2 Å². The van der Waals surface area contributed by atoms with Gasteiger partial charge in [-0.2, -0.15) is 0 Å². The predicted molar refractivity (Wildman–Crippen MR) is 72.9 cm³/mol. The van der Waals surface area contributed by atoms with Gasteiger partial charge in [0.15, 0.2) is 0 Å². The zero-order chi connectivity index (χ0) is 13.2. The summed E-state index contributed by atoms with van der Waals surface area (Å²) < 4.78 is 5.00. The molecule has 17 heavy (non-hydrogen) atoms. The van der Waals surface area contributed by atoms with Crippen molar-refractivity contribution < 1.29 is 14.9 Å². The van der Waals surface area contributed by atoms with E-state index in [1.54, 1.807) is 0 Å². The van der Waals surface area contributed by atoms with Crippen LogP contribution in [0.2, 0.25) is 0 Å². The molecular formula is C14H30O3. The van der Waals surface area contributed by atoms with Gasteiger partial charge in [0.05, 0.1) is 12.9 Å². The van der Waals surface area contributed by atoms with E-state index in [1.165, 1.54) is 44.8 Å². The summed E-state index contributed by atoms with van der Waals surface area (Å²) >= 11 is 0. The smallest absolute Gasteiger partial charge is 0.0873 e. The molecule has 0 rings (SSSR count). The maximum atomic E-state index is 8.09. The molecule has 0 aromatic rings. The number of hydrogen-bond acceptors (Lipinski definition) is 3. The highest BCUT2D eigenvalue weighted by molar-refractivity contribution is 4.49. The van der Waals surface area contributed by atoms with Crippen LogP contribution >= 0.6 is 0 Å². The Balaban J connectivity index is 0. The van der Waals surface area contributed by atoms with Crippen molar-refractivity contribution in [2.24, 2.45) is 0 Å². The van der Waals surface area contributed by atoms with Gasteiger partial charge in [0.2, 0.25) is 0 Å². The van der Waals surface area contributed by atoms with Crippen LogP contribution in [0.4, 0.5) is 0 Å². The molecule has 2 N–H and O–H groups in total. The van der Waals surface area contributed by atoms with E-state index < -0.39 is 0 Å². The van der Waals surface area contributed by atoms with Crippen LogP contribution in [-0.2, 0) is 4.74 Å². The average molecular weight is 246 g/mol. The molecule has 0 bridgehead atoms. The number of hydrogen-bond donors (Lipinski definition) is 2. The highest BCUT2D eigenvalue weighted by Crippen LogP contribution is 2.04. The van der Waals surface area contributed by atoms with Gasteiger partial charge in [0.1, 0.15) is 0 Å². The summed E-state index contributed by atoms with van der Waals surface area (Å²) in [6, 6.07) is 0. The van der Waals surface area contributed by atoms with E-state index in [0.717, 1.165) is 19.4 Å². The first kappa shape index (κ1) is 18.8. The second-order valence-corrected chi connectivity index (χ2v) is 3.96. The van der Waals surface area contributed by atoms with Gasteiger partial charge in [0.25, 0.3) is 0 Å². The Morgan fingerprint density at radius 2 is 1.41 bits per heavy atom. The third-order valence-corrected chi connectivity index (χ3v) is 2.30. The van der Waals surface area contributed by atoms with E-state index in [0.29, 0.717) is 0 Å². The lowest BCUT2D eigenvalue weighted by Gasteiger charge is -1.99. The Hall–Kier alpha value is -0.540. The molecule has 0 fully saturated rings. The molecule has 0 aromatic carbocycles. The first-order valence-electron chi connectivity index (χ1n) is 6.77. The largest absolute Gasteiger partial charge is 0.502 e. The third kappa shape index (κ3) is 25.6. The molecule has 104 valence electrons. The van der Waals surface area contributed by atoms with E-state index in [-0.39, 0.29) is 13.2 Å². The van der Waals surface area contributed by atoms with Crippen molar-refractivity contribution in [1.82, 2.24) is 0 Å². The lowest BCUT2D eigenvalue weighted by Crippen LogP contribution is -1.87. The van der Waals surface area contributed by atoms with Gasteiger partial charge in [-0.05, 0) is 19.3 Å². The molecule has 0 radical (unpaired) electrons. The van der Waals surface area contributed by atoms with Crippen molar-refractivity contribution in [3.63, 3.8) is 0 Å². The van der Waals surface area contributed by atoms with E-state index in [1.807, 2.05) is 0 Å². The highest BCUT2D eigenvalue weighted by Gasteiger charge is 1.88. The van der Waals surface area contributed by atoms with Crippen molar-refractivity contribution in [1.29, 1.82) is 0 Å². The summed E-state index contributed by atoms with van der Waals surface area (Å²) in [4.78, 5) is 0. The van der Waals surface area contributed by atoms with E-state index >= 15 is 0 Å². The topological polar surface area (TPSA) is 49.7 Å². The van der Waals surface area contributed by atoms with Crippen molar-refractivity contribution in [2.45, 2.75) is 58.3 Å². The fourth-order valence-corrected chi connectivity index (χ4v) is 1.27. The van der Waals surface area contributed by atoms with Crippen molar-refractivity contribution in [3.05, 3.63) is 12.8 Å². The van der Waals surface area contributed by atoms with E-state index in [4.69, 9.17) is 14.9 Å². The Bertz CT molecular complexity index is 123. The highest BCUT2D eigenvalue weighted by atomic mass is 16.5. The third-order valence-electron chi connectivity index (χ3n) is 2.30. The summed E-state index contributed by atoms with van der Waals surface area (Å²) in [5.74, 6) is 0. The van der Waals surface area contributed by atoms with Gasteiger partial charge in [-0.25, -0.2) is 0 Å². The molecule has 0 saturated carbocycles. The van der Waals surface area contributed by atoms with Crippen LogP contribution in [-0.4, -0.2) is 30.0 Å². The van der Waals surface area contributed by atoms with Crippen LogP contribution in [0.1, 0.15) is 58.3 Å². The summed E-state index contributed by atoms with van der Waals surface area (Å²) in [7, 11) is 0. The van der Waals surface area contributed by atoms with Gasteiger partial charge in [-0.3, -0.25) is 0 Å². The minimum atomic E-state index is 0.195. The Labute approximate surface area is 107 Å². The molecule has 3 nitrogen and oxygen atoms in total. The van der Waals surface area contributed by atoms with Gasteiger partial charge < -0.3 is 14.9 Å². The van der Waals surface area contributed by atoms with Crippen LogP contribution in [0.5, 0.6) is 0 Å². The van der Waals surface area contributed by atoms with E-state index in [9.17, 15) is 0 Å². The molecule has 0 atom stereocenters. The first-order chi connectivity index (χ1) is 8.33. The predicted octanol–water partition coefficient (Wildman–Crippen LogP) is 3.26. The minimum absolute atomic E-state index is 0.195. The standard InChI is InChI=1S/C10H20O.C4H10O2/c1-3-5-6-7-8-9-10-11-4-2;5-3-1-2-4-6/h4H,2-3,5-10H2,1H3;5-6H,1-4H2. The molecule has 0 spiro atoms. The molecule has 0 saturated heterocycles. The van der Waals surface area contributed by atoms with Gasteiger partial charge in [-0.1, -0.05) is 45.6 Å². The summed E-state index contributed by atoms with van der Waals surface area (Å²) in [5.41, 5.74) is 0.